The molecule has 1 saturated heterocycles. The quantitative estimate of drug-likeness (QED) is 0.587. The van der Waals surface area contributed by atoms with Gasteiger partial charge in [-0.1, -0.05) is 42.0 Å². The number of para-hydroxylation sites is 1. The number of carbonyl (C=O) groups is 1. The number of carboxylic acids is 1. The van der Waals surface area contributed by atoms with Crippen molar-refractivity contribution in [1.82, 2.24) is 4.31 Å². The van der Waals surface area contributed by atoms with Crippen LogP contribution >= 0.6 is 11.6 Å². The number of aromatic hydroxyl groups is 1. The van der Waals surface area contributed by atoms with Crippen LogP contribution in [-0.2, 0) is 14.8 Å². The van der Waals surface area contributed by atoms with E-state index in [1.165, 1.54) is 16.4 Å². The maximum atomic E-state index is 13.1. The van der Waals surface area contributed by atoms with Crippen LogP contribution < -0.4 is 0 Å². The van der Waals surface area contributed by atoms with Gasteiger partial charge in [0.05, 0.1) is 4.90 Å². The number of allylic oxidation sites excluding steroid dienone is 2. The molecule has 0 aliphatic carbocycles. The van der Waals surface area contributed by atoms with E-state index in [2.05, 4.69) is 0 Å². The van der Waals surface area contributed by atoms with Crippen molar-refractivity contribution in [3.8, 4) is 5.75 Å². The Morgan fingerprint density at radius 3 is 2.47 bits per heavy atom. The summed E-state index contributed by atoms with van der Waals surface area (Å²) in [7, 11) is -3.70. The molecular weight excluding hydrogens is 426 g/mol. The Balaban J connectivity index is 1.83. The van der Waals surface area contributed by atoms with Gasteiger partial charge in [0.1, 0.15) is 5.75 Å². The summed E-state index contributed by atoms with van der Waals surface area (Å²) >= 11 is 5.89. The number of phenols is 1. The first-order chi connectivity index (χ1) is 14.3. The molecule has 0 saturated carbocycles. The van der Waals surface area contributed by atoms with Gasteiger partial charge in [-0.2, -0.15) is 4.31 Å². The molecule has 30 heavy (non-hydrogen) atoms. The summed E-state index contributed by atoms with van der Waals surface area (Å²) in [4.78, 5) is 10.8. The van der Waals surface area contributed by atoms with Gasteiger partial charge in [-0.3, -0.25) is 4.79 Å². The molecule has 1 aliphatic heterocycles. The van der Waals surface area contributed by atoms with E-state index in [1.807, 2.05) is 24.3 Å². The Morgan fingerprint density at radius 1 is 1.10 bits per heavy atom. The monoisotopic (exact) mass is 449 g/mol. The van der Waals surface area contributed by atoms with Gasteiger partial charge < -0.3 is 10.2 Å². The predicted molar refractivity (Wildman–Crippen MR) is 115 cm³/mol. The number of benzene rings is 2. The fraction of sp³-hybridized carbons (Fsp3) is 0.318. The lowest BCUT2D eigenvalue weighted by molar-refractivity contribution is -0.136. The summed E-state index contributed by atoms with van der Waals surface area (Å²) in [5, 5.41) is 19.5. The summed E-state index contributed by atoms with van der Waals surface area (Å²) in [6.07, 6.45) is 4.79. The normalized spacial score (nSPS) is 20.0. The minimum atomic E-state index is -3.70. The van der Waals surface area contributed by atoms with E-state index in [9.17, 15) is 18.3 Å². The molecule has 2 atom stereocenters. The number of rotatable bonds is 8. The molecule has 6 nitrogen and oxygen atoms in total. The maximum Gasteiger partial charge on any atom is 0.303 e. The van der Waals surface area contributed by atoms with Crippen molar-refractivity contribution in [2.75, 3.05) is 13.1 Å². The SMILES string of the molecule is O=C(O)CCC=CC[C@H]1CN(S(=O)(=O)c2ccc(Cl)cc2)C[C@@H]1c1ccccc1O. The number of carboxylic acid groups (broad SMARTS) is 1. The van der Waals surface area contributed by atoms with Crippen LogP contribution in [0.5, 0.6) is 5.75 Å². The standard InChI is InChI=1S/C22H24ClNO5S/c23-17-10-12-18(13-11-17)30(28,29)24-14-16(6-2-1-3-9-22(26)27)20(15-24)19-7-4-5-8-21(19)25/h1-2,4-5,7-8,10-13,16,20,25H,3,6,9,14-15H2,(H,26,27)/t16-,20-/m0/s1. The lowest BCUT2D eigenvalue weighted by atomic mass is 9.86. The van der Waals surface area contributed by atoms with E-state index in [0.717, 1.165) is 5.56 Å². The third kappa shape index (κ3) is 5.22. The average Bonchev–Trinajstić information content (AvgIpc) is 3.13. The molecule has 1 fully saturated rings. The molecule has 0 aromatic heterocycles. The first-order valence-corrected chi connectivity index (χ1v) is 11.5. The van der Waals surface area contributed by atoms with Crippen LogP contribution in [0.2, 0.25) is 5.02 Å². The first kappa shape index (κ1) is 22.3. The Morgan fingerprint density at radius 2 is 1.80 bits per heavy atom. The number of aliphatic carboxylic acids is 1. The molecule has 1 heterocycles. The molecule has 3 rings (SSSR count). The zero-order valence-corrected chi connectivity index (χ0v) is 17.9. The zero-order valence-electron chi connectivity index (χ0n) is 16.3. The molecule has 2 aromatic rings. The number of sulfonamides is 1. The van der Waals surface area contributed by atoms with Gasteiger partial charge in [0, 0.05) is 30.5 Å². The lowest BCUT2D eigenvalue weighted by Gasteiger charge is -2.18. The predicted octanol–water partition coefficient (Wildman–Crippen LogP) is 4.26. The highest BCUT2D eigenvalue weighted by Crippen LogP contribution is 2.40. The minimum Gasteiger partial charge on any atom is -0.508 e. The van der Waals surface area contributed by atoms with Gasteiger partial charge in [0.2, 0.25) is 10.0 Å². The average molecular weight is 450 g/mol. The van der Waals surface area contributed by atoms with Crippen molar-refractivity contribution in [2.24, 2.45) is 5.92 Å². The van der Waals surface area contributed by atoms with Crippen LogP contribution in [0.25, 0.3) is 0 Å². The molecule has 0 bridgehead atoms. The molecule has 160 valence electrons. The van der Waals surface area contributed by atoms with Crippen LogP contribution in [0, 0.1) is 5.92 Å². The molecule has 8 heteroatoms. The largest absolute Gasteiger partial charge is 0.508 e. The van der Waals surface area contributed by atoms with Gasteiger partial charge in [-0.15, -0.1) is 0 Å². The van der Waals surface area contributed by atoms with E-state index >= 15 is 0 Å². The highest BCUT2D eigenvalue weighted by molar-refractivity contribution is 7.89. The molecule has 0 radical (unpaired) electrons. The van der Waals surface area contributed by atoms with E-state index in [4.69, 9.17) is 16.7 Å². The van der Waals surface area contributed by atoms with E-state index in [1.54, 1.807) is 24.3 Å². The smallest absolute Gasteiger partial charge is 0.303 e. The van der Waals surface area contributed by atoms with Gasteiger partial charge in [-0.25, -0.2) is 8.42 Å². The third-order valence-electron chi connectivity index (χ3n) is 5.33. The van der Waals surface area contributed by atoms with Gasteiger partial charge >= 0.3 is 5.97 Å². The highest BCUT2D eigenvalue weighted by atomic mass is 35.5. The Labute approximate surface area is 181 Å². The van der Waals surface area contributed by atoms with Crippen molar-refractivity contribution in [2.45, 2.75) is 30.1 Å². The molecule has 0 unspecified atom stereocenters. The van der Waals surface area contributed by atoms with Crippen LogP contribution in [0.4, 0.5) is 0 Å². The Hall–Kier alpha value is -2.35. The maximum absolute atomic E-state index is 13.1. The van der Waals surface area contributed by atoms with Crippen LogP contribution in [0.1, 0.15) is 30.7 Å². The Kier molecular flexibility index (Phi) is 7.18. The molecule has 2 N–H and O–H groups in total. The zero-order chi connectivity index (χ0) is 21.7. The second kappa shape index (κ2) is 9.64. The summed E-state index contributed by atoms with van der Waals surface area (Å²) in [5.74, 6) is -0.917. The fourth-order valence-corrected chi connectivity index (χ4v) is 5.42. The van der Waals surface area contributed by atoms with Crippen molar-refractivity contribution in [1.29, 1.82) is 0 Å². The number of phenolic OH excluding ortho intramolecular Hbond substituents is 1. The third-order valence-corrected chi connectivity index (χ3v) is 7.42. The van der Waals surface area contributed by atoms with E-state index < -0.39 is 16.0 Å². The van der Waals surface area contributed by atoms with Crippen LogP contribution in [-0.4, -0.2) is 42.0 Å². The van der Waals surface area contributed by atoms with E-state index in [-0.39, 0.29) is 35.4 Å². The topological polar surface area (TPSA) is 94.9 Å². The second-order valence-corrected chi connectivity index (χ2v) is 9.72. The number of hydrogen-bond donors (Lipinski definition) is 2. The van der Waals surface area contributed by atoms with Crippen LogP contribution in [0.15, 0.2) is 65.6 Å². The molecule has 1 aliphatic rings. The molecule has 0 amide bonds. The number of nitrogens with zero attached hydrogens (tertiary/aromatic N) is 1. The minimum absolute atomic E-state index is 0.0403. The highest BCUT2D eigenvalue weighted by Gasteiger charge is 2.40. The summed E-state index contributed by atoms with van der Waals surface area (Å²) in [6, 6.07) is 13.1. The second-order valence-electron chi connectivity index (χ2n) is 7.34. The van der Waals surface area contributed by atoms with Crippen LogP contribution in [0.3, 0.4) is 0 Å². The number of halogens is 1. The molecule has 2 aromatic carbocycles. The fourth-order valence-electron chi connectivity index (χ4n) is 3.77. The molecular formula is C22H24ClNO5S. The van der Waals surface area contributed by atoms with Crippen molar-refractivity contribution < 1.29 is 23.4 Å². The summed E-state index contributed by atoms with van der Waals surface area (Å²) in [5.41, 5.74) is 0.718. The van der Waals surface area contributed by atoms with Crippen molar-refractivity contribution >= 4 is 27.6 Å². The lowest BCUT2D eigenvalue weighted by Crippen LogP contribution is -2.29. The van der Waals surface area contributed by atoms with Gasteiger partial charge in [0.15, 0.2) is 0 Å². The van der Waals surface area contributed by atoms with Crippen molar-refractivity contribution in [3.05, 3.63) is 71.3 Å². The number of hydrogen-bond acceptors (Lipinski definition) is 4. The van der Waals surface area contributed by atoms with Crippen molar-refractivity contribution in [3.63, 3.8) is 0 Å². The van der Waals surface area contributed by atoms with Gasteiger partial charge in [-0.05, 0) is 54.7 Å². The summed E-state index contributed by atoms with van der Waals surface area (Å²) < 4.78 is 27.7. The first-order valence-electron chi connectivity index (χ1n) is 9.69. The van der Waals surface area contributed by atoms with E-state index in [0.29, 0.717) is 24.4 Å². The molecule has 0 spiro atoms. The van der Waals surface area contributed by atoms with Gasteiger partial charge in [0.25, 0.3) is 0 Å². The Bertz CT molecular complexity index is 1020. The summed E-state index contributed by atoms with van der Waals surface area (Å²) in [6.45, 7) is 0.573.